The first-order chi connectivity index (χ1) is 20.4. The Morgan fingerprint density at radius 3 is 2.69 bits per heavy atom. The number of rotatable bonds is 5. The van der Waals surface area contributed by atoms with E-state index < -0.39 is 11.8 Å². The third-order valence-electron chi connectivity index (χ3n) is 6.85. The molecule has 2 unspecified atom stereocenters. The van der Waals surface area contributed by atoms with Gasteiger partial charge in [-0.3, -0.25) is 4.68 Å². The molecule has 2 atom stereocenters. The van der Waals surface area contributed by atoms with Gasteiger partial charge in [-0.1, -0.05) is 11.6 Å². The van der Waals surface area contributed by atoms with Crippen LogP contribution in [-0.4, -0.2) is 47.8 Å². The van der Waals surface area contributed by atoms with Gasteiger partial charge in [-0.25, -0.2) is 24.3 Å². The SMILES string of the molecule is N#CCC(C1CCN(c2nc(Cl)c(C#N)cc2F)C1)n1cc(-c2ncnc3[nH]ccc23)cn1.N#Cc1cccnc1F. The molecule has 5 aromatic rings. The summed E-state index contributed by atoms with van der Waals surface area (Å²) >= 11 is 6.02. The second-order valence-electron chi connectivity index (χ2n) is 9.29. The van der Waals surface area contributed by atoms with E-state index in [1.807, 2.05) is 18.3 Å². The molecule has 0 saturated carbocycles. The second kappa shape index (κ2) is 12.4. The Labute approximate surface area is 243 Å². The molecule has 6 rings (SSSR count). The highest BCUT2D eigenvalue weighted by atomic mass is 35.5. The number of nitrogens with one attached hydrogen (secondary N) is 1. The molecule has 1 N–H and O–H groups in total. The number of hydrogen-bond acceptors (Lipinski definition) is 9. The number of nitriles is 3. The van der Waals surface area contributed by atoms with Crippen LogP contribution in [0.25, 0.3) is 22.3 Å². The summed E-state index contributed by atoms with van der Waals surface area (Å²) in [6, 6.07) is 11.5. The predicted octanol–water partition coefficient (Wildman–Crippen LogP) is 4.95. The first kappa shape index (κ1) is 28.1. The molecule has 208 valence electrons. The van der Waals surface area contributed by atoms with E-state index in [1.54, 1.807) is 28.0 Å². The van der Waals surface area contributed by atoms with E-state index in [-0.39, 0.29) is 40.5 Å². The second-order valence-corrected chi connectivity index (χ2v) is 9.65. The number of H-pyrrole nitrogens is 1. The van der Waals surface area contributed by atoms with Crippen LogP contribution in [0.15, 0.2) is 55.4 Å². The molecule has 0 aromatic carbocycles. The Morgan fingerprint density at radius 1 is 1.12 bits per heavy atom. The van der Waals surface area contributed by atoms with Crippen molar-refractivity contribution in [3.63, 3.8) is 0 Å². The smallest absolute Gasteiger partial charge is 0.230 e. The monoisotopic (exact) mass is 583 g/mol. The number of hydrogen-bond donors (Lipinski definition) is 1. The van der Waals surface area contributed by atoms with Gasteiger partial charge in [-0.2, -0.15) is 25.3 Å². The zero-order chi connectivity index (χ0) is 29.6. The molecule has 0 spiro atoms. The zero-order valence-electron chi connectivity index (χ0n) is 21.8. The normalized spacial score (nSPS) is 14.9. The highest BCUT2D eigenvalue weighted by Gasteiger charge is 2.33. The van der Waals surface area contributed by atoms with Gasteiger partial charge < -0.3 is 9.88 Å². The Hall–Kier alpha value is -5.45. The van der Waals surface area contributed by atoms with Crippen LogP contribution in [0.2, 0.25) is 5.15 Å². The van der Waals surface area contributed by atoms with E-state index >= 15 is 0 Å². The molecule has 0 aliphatic carbocycles. The number of fused-ring (bicyclic) bond motifs is 1. The minimum absolute atomic E-state index is 0.00124. The van der Waals surface area contributed by atoms with Crippen LogP contribution in [0.1, 0.15) is 30.0 Å². The van der Waals surface area contributed by atoms with E-state index in [1.165, 1.54) is 24.7 Å². The standard InChI is InChI=1S/C22H17ClFN9.C6H3FN2/c23-20-14(8-26)7-17(24)22(31-20)32-6-3-13(10-32)18(1-4-25)33-11-15(9-30-33)19-16-2-5-27-21(16)29-12-28-19;7-6-5(4-8)2-1-3-9-6/h2,5,7,9,11-13,18H,1,3,6,10H2,(H,27,28,29);1-3H. The predicted molar refractivity (Wildman–Crippen MR) is 148 cm³/mol. The summed E-state index contributed by atoms with van der Waals surface area (Å²) in [5.74, 6) is -1.13. The molecule has 1 saturated heterocycles. The summed E-state index contributed by atoms with van der Waals surface area (Å²) in [5.41, 5.74) is 2.31. The van der Waals surface area contributed by atoms with Gasteiger partial charge in [0.1, 0.15) is 34.8 Å². The fourth-order valence-electron chi connectivity index (χ4n) is 4.83. The van der Waals surface area contributed by atoms with E-state index in [0.29, 0.717) is 13.1 Å². The fourth-order valence-corrected chi connectivity index (χ4v) is 5.01. The third kappa shape index (κ3) is 5.71. The summed E-state index contributed by atoms with van der Waals surface area (Å²) in [4.78, 5) is 20.8. The van der Waals surface area contributed by atoms with E-state index in [0.717, 1.165) is 34.8 Å². The average Bonchev–Trinajstić information content (AvgIpc) is 3.79. The minimum atomic E-state index is -0.708. The van der Waals surface area contributed by atoms with Crippen LogP contribution < -0.4 is 4.90 Å². The van der Waals surface area contributed by atoms with Gasteiger partial charge in [0.05, 0.1) is 36.0 Å². The first-order valence-electron chi connectivity index (χ1n) is 12.6. The van der Waals surface area contributed by atoms with Crippen molar-refractivity contribution in [2.45, 2.75) is 18.9 Å². The highest BCUT2D eigenvalue weighted by molar-refractivity contribution is 6.30. The molecule has 1 fully saturated rings. The van der Waals surface area contributed by atoms with Crippen molar-refractivity contribution in [1.29, 1.82) is 15.8 Å². The van der Waals surface area contributed by atoms with Gasteiger partial charge in [0, 0.05) is 48.5 Å². The maximum absolute atomic E-state index is 14.6. The van der Waals surface area contributed by atoms with Crippen LogP contribution in [0.4, 0.5) is 14.6 Å². The Kier molecular flexibility index (Phi) is 8.28. The van der Waals surface area contributed by atoms with E-state index in [4.69, 9.17) is 22.1 Å². The number of halogens is 3. The van der Waals surface area contributed by atoms with Crippen molar-refractivity contribution < 1.29 is 8.78 Å². The van der Waals surface area contributed by atoms with Gasteiger partial charge >= 0.3 is 0 Å². The van der Waals surface area contributed by atoms with Crippen LogP contribution in [-0.2, 0) is 0 Å². The summed E-state index contributed by atoms with van der Waals surface area (Å²) in [7, 11) is 0. The van der Waals surface area contributed by atoms with Crippen LogP contribution in [0.3, 0.4) is 0 Å². The van der Waals surface area contributed by atoms with Crippen molar-refractivity contribution in [3.8, 4) is 29.5 Å². The van der Waals surface area contributed by atoms with Crippen molar-refractivity contribution in [2.24, 2.45) is 5.92 Å². The molecule has 0 bridgehead atoms. The third-order valence-corrected chi connectivity index (χ3v) is 7.14. The molecule has 1 aliphatic heterocycles. The highest BCUT2D eigenvalue weighted by Crippen LogP contribution is 2.35. The average molecular weight is 584 g/mol. The zero-order valence-corrected chi connectivity index (χ0v) is 22.5. The van der Waals surface area contributed by atoms with Crippen molar-refractivity contribution in [2.75, 3.05) is 18.0 Å². The van der Waals surface area contributed by atoms with Gasteiger partial charge in [0.25, 0.3) is 0 Å². The molecule has 0 amide bonds. The number of pyridine rings is 2. The van der Waals surface area contributed by atoms with Gasteiger partial charge in [0.15, 0.2) is 11.6 Å². The van der Waals surface area contributed by atoms with Crippen LogP contribution in [0.5, 0.6) is 0 Å². The lowest BCUT2D eigenvalue weighted by Crippen LogP contribution is -2.26. The maximum atomic E-state index is 14.6. The quantitative estimate of drug-likeness (QED) is 0.282. The summed E-state index contributed by atoms with van der Waals surface area (Å²) in [6.45, 7) is 1.05. The van der Waals surface area contributed by atoms with E-state index in [2.05, 4.69) is 36.1 Å². The maximum Gasteiger partial charge on any atom is 0.230 e. The summed E-state index contributed by atoms with van der Waals surface area (Å²) in [6.07, 6.45) is 9.21. The number of nitrogens with zero attached hydrogens (tertiary/aromatic N) is 10. The molecule has 14 heteroatoms. The Morgan fingerprint density at radius 2 is 1.95 bits per heavy atom. The molecule has 6 heterocycles. The van der Waals surface area contributed by atoms with Crippen molar-refractivity contribution in [1.82, 2.24) is 34.7 Å². The van der Waals surface area contributed by atoms with Crippen molar-refractivity contribution in [3.05, 3.63) is 83.4 Å². The Bertz CT molecular complexity index is 1860. The molecule has 42 heavy (non-hydrogen) atoms. The molecular weight excluding hydrogens is 564 g/mol. The largest absolute Gasteiger partial charge is 0.354 e. The van der Waals surface area contributed by atoms with Crippen LogP contribution in [0, 0.1) is 51.7 Å². The molecule has 5 aromatic heterocycles. The topological polar surface area (TPSA) is 160 Å². The number of anilines is 1. The molecule has 11 nitrogen and oxygen atoms in total. The van der Waals surface area contributed by atoms with Gasteiger partial charge in [-0.05, 0) is 30.7 Å². The molecule has 0 radical (unpaired) electrons. The lowest BCUT2D eigenvalue weighted by atomic mass is 9.96. The summed E-state index contributed by atoms with van der Waals surface area (Å²) < 4.78 is 28.6. The van der Waals surface area contributed by atoms with Gasteiger partial charge in [0.2, 0.25) is 5.95 Å². The van der Waals surface area contributed by atoms with Crippen LogP contribution >= 0.6 is 11.6 Å². The lowest BCUT2D eigenvalue weighted by molar-refractivity contribution is 0.331. The fraction of sp³-hybridized carbons (Fsp3) is 0.214. The summed E-state index contributed by atoms with van der Waals surface area (Å²) in [5, 5.41) is 32.1. The van der Waals surface area contributed by atoms with Gasteiger partial charge in [-0.15, -0.1) is 0 Å². The van der Waals surface area contributed by atoms with Crippen molar-refractivity contribution >= 4 is 28.5 Å². The molecular formula is C28H20ClF2N11. The Balaban J connectivity index is 0.000000336. The lowest BCUT2D eigenvalue weighted by Gasteiger charge is -2.23. The number of aromatic amines is 1. The first-order valence-corrected chi connectivity index (χ1v) is 13.0. The minimum Gasteiger partial charge on any atom is -0.354 e. The molecule has 1 aliphatic rings. The number of aromatic nitrogens is 7. The van der Waals surface area contributed by atoms with E-state index in [9.17, 15) is 14.0 Å².